The standard InChI is InChI=1S/C19H18O6/c20-9-13-6-12(4-5-16(13)21)19(24)25-10-14-7-15-11(8-18(14)23)2-1-3-17(15)22/h1-7,18,20-23H,8-10H2. The number of esters is 1. The molecule has 0 spiro atoms. The number of hydrogen-bond donors (Lipinski definition) is 4. The molecule has 2 aromatic carbocycles. The minimum Gasteiger partial charge on any atom is -0.508 e. The summed E-state index contributed by atoms with van der Waals surface area (Å²) in [6, 6.07) is 9.15. The first-order chi connectivity index (χ1) is 12.0. The van der Waals surface area contributed by atoms with Crippen molar-refractivity contribution in [1.82, 2.24) is 0 Å². The monoisotopic (exact) mass is 342 g/mol. The normalized spacial score (nSPS) is 16.1. The molecule has 2 aromatic rings. The summed E-state index contributed by atoms with van der Waals surface area (Å²) < 4.78 is 5.22. The van der Waals surface area contributed by atoms with Crippen molar-refractivity contribution in [3.63, 3.8) is 0 Å². The summed E-state index contributed by atoms with van der Waals surface area (Å²) in [5.41, 5.74) is 2.35. The van der Waals surface area contributed by atoms with Gasteiger partial charge in [-0.15, -0.1) is 0 Å². The molecular weight excluding hydrogens is 324 g/mol. The molecule has 1 aliphatic rings. The third-order valence-electron chi connectivity index (χ3n) is 4.20. The summed E-state index contributed by atoms with van der Waals surface area (Å²) in [7, 11) is 0. The first-order valence-corrected chi connectivity index (χ1v) is 7.79. The highest BCUT2D eigenvalue weighted by molar-refractivity contribution is 5.90. The number of hydrogen-bond acceptors (Lipinski definition) is 6. The molecule has 0 aromatic heterocycles. The minimum absolute atomic E-state index is 0.100. The summed E-state index contributed by atoms with van der Waals surface area (Å²) in [6.07, 6.45) is 1.17. The van der Waals surface area contributed by atoms with E-state index in [1.54, 1.807) is 18.2 Å². The van der Waals surface area contributed by atoms with Gasteiger partial charge in [0.05, 0.1) is 18.3 Å². The van der Waals surface area contributed by atoms with E-state index in [1.165, 1.54) is 18.2 Å². The largest absolute Gasteiger partial charge is 0.508 e. The molecule has 0 saturated heterocycles. The predicted octanol–water partition coefficient (Wildman–Crippen LogP) is 1.75. The van der Waals surface area contributed by atoms with Crippen LogP contribution in [0.1, 0.15) is 27.0 Å². The van der Waals surface area contributed by atoms with E-state index in [9.17, 15) is 20.1 Å². The number of aliphatic hydroxyl groups is 2. The van der Waals surface area contributed by atoms with Crippen molar-refractivity contribution in [3.8, 4) is 11.5 Å². The Hall–Kier alpha value is -2.83. The van der Waals surface area contributed by atoms with Crippen LogP contribution >= 0.6 is 0 Å². The van der Waals surface area contributed by atoms with Crippen LogP contribution in [0.15, 0.2) is 42.0 Å². The molecule has 3 rings (SSSR count). The first kappa shape index (κ1) is 17.0. The molecule has 0 amide bonds. The number of carbonyl (C=O) groups excluding carboxylic acids is 1. The third kappa shape index (κ3) is 3.50. The highest BCUT2D eigenvalue weighted by atomic mass is 16.5. The van der Waals surface area contributed by atoms with Crippen molar-refractivity contribution in [3.05, 3.63) is 64.2 Å². The number of aromatic hydroxyl groups is 2. The Bertz CT molecular complexity index is 840. The van der Waals surface area contributed by atoms with Gasteiger partial charge in [-0.2, -0.15) is 0 Å². The predicted molar refractivity (Wildman–Crippen MR) is 90.1 cm³/mol. The van der Waals surface area contributed by atoms with Crippen LogP contribution in [0.4, 0.5) is 0 Å². The number of rotatable bonds is 4. The maximum atomic E-state index is 12.1. The first-order valence-electron chi connectivity index (χ1n) is 7.79. The number of aliphatic hydroxyl groups excluding tert-OH is 2. The molecule has 0 aliphatic heterocycles. The second kappa shape index (κ2) is 6.96. The van der Waals surface area contributed by atoms with Crippen LogP contribution in [0, 0.1) is 0 Å². The van der Waals surface area contributed by atoms with Crippen molar-refractivity contribution in [2.24, 2.45) is 0 Å². The number of fused-ring (bicyclic) bond motifs is 1. The van der Waals surface area contributed by atoms with Crippen LogP contribution in [-0.2, 0) is 17.8 Å². The Labute approximate surface area is 144 Å². The molecule has 0 saturated carbocycles. The fraction of sp³-hybridized carbons (Fsp3) is 0.211. The number of carbonyl (C=O) groups is 1. The van der Waals surface area contributed by atoms with Crippen LogP contribution < -0.4 is 0 Å². The Morgan fingerprint density at radius 3 is 2.72 bits per heavy atom. The van der Waals surface area contributed by atoms with Gasteiger partial charge >= 0.3 is 5.97 Å². The summed E-state index contributed by atoms with van der Waals surface area (Å²) >= 11 is 0. The Morgan fingerprint density at radius 2 is 1.96 bits per heavy atom. The average Bonchev–Trinajstić information content (AvgIpc) is 2.60. The summed E-state index contributed by atoms with van der Waals surface area (Å²) in [5, 5.41) is 38.8. The van der Waals surface area contributed by atoms with Crippen molar-refractivity contribution in [2.45, 2.75) is 19.1 Å². The quantitative estimate of drug-likeness (QED) is 0.631. The van der Waals surface area contributed by atoms with E-state index >= 15 is 0 Å². The lowest BCUT2D eigenvalue weighted by Crippen LogP contribution is -2.22. The van der Waals surface area contributed by atoms with Crippen LogP contribution in [0.2, 0.25) is 0 Å². The molecule has 0 heterocycles. The SMILES string of the molecule is O=C(OCC1=Cc2c(O)cccc2CC1O)c1ccc(O)c(CO)c1. The molecule has 6 nitrogen and oxygen atoms in total. The molecule has 1 aliphatic carbocycles. The smallest absolute Gasteiger partial charge is 0.338 e. The van der Waals surface area contributed by atoms with E-state index in [-0.39, 0.29) is 29.2 Å². The molecule has 6 heteroatoms. The molecule has 0 radical (unpaired) electrons. The molecular formula is C19H18O6. The van der Waals surface area contributed by atoms with Crippen molar-refractivity contribution in [2.75, 3.05) is 6.61 Å². The third-order valence-corrected chi connectivity index (χ3v) is 4.20. The van der Waals surface area contributed by atoms with Gasteiger partial charge in [-0.25, -0.2) is 4.79 Å². The Morgan fingerprint density at radius 1 is 1.16 bits per heavy atom. The fourth-order valence-electron chi connectivity index (χ4n) is 2.77. The van der Waals surface area contributed by atoms with Gasteiger partial charge in [0.2, 0.25) is 0 Å². The van der Waals surface area contributed by atoms with Crippen LogP contribution in [-0.4, -0.2) is 39.1 Å². The fourth-order valence-corrected chi connectivity index (χ4v) is 2.77. The minimum atomic E-state index is -0.796. The number of phenolic OH excluding ortho intramolecular Hbond substituents is 1. The lowest BCUT2D eigenvalue weighted by molar-refractivity contribution is 0.0516. The number of ether oxygens (including phenoxy) is 1. The van der Waals surface area contributed by atoms with E-state index in [1.807, 2.05) is 6.07 Å². The highest BCUT2D eigenvalue weighted by Crippen LogP contribution is 2.31. The summed E-state index contributed by atoms with van der Waals surface area (Å²) in [4.78, 5) is 12.1. The van der Waals surface area contributed by atoms with E-state index in [0.717, 1.165) is 5.56 Å². The molecule has 130 valence electrons. The van der Waals surface area contributed by atoms with E-state index in [0.29, 0.717) is 17.6 Å². The van der Waals surface area contributed by atoms with Gasteiger partial charge in [0.15, 0.2) is 0 Å². The van der Waals surface area contributed by atoms with Crippen molar-refractivity contribution in [1.29, 1.82) is 0 Å². The number of benzene rings is 2. The zero-order valence-electron chi connectivity index (χ0n) is 13.3. The van der Waals surface area contributed by atoms with Gasteiger partial charge in [0, 0.05) is 17.5 Å². The summed E-state index contributed by atoms with van der Waals surface area (Å²) in [6.45, 7) is -0.518. The number of phenols is 2. The maximum Gasteiger partial charge on any atom is 0.338 e. The maximum absolute atomic E-state index is 12.1. The van der Waals surface area contributed by atoms with Crippen molar-refractivity contribution < 1.29 is 30.0 Å². The van der Waals surface area contributed by atoms with E-state index in [2.05, 4.69) is 0 Å². The van der Waals surface area contributed by atoms with Crippen LogP contribution in [0.3, 0.4) is 0 Å². The van der Waals surface area contributed by atoms with Crippen LogP contribution in [0.25, 0.3) is 6.08 Å². The zero-order chi connectivity index (χ0) is 18.0. The van der Waals surface area contributed by atoms with Gasteiger partial charge in [-0.3, -0.25) is 0 Å². The molecule has 0 fully saturated rings. The average molecular weight is 342 g/mol. The second-order valence-corrected chi connectivity index (χ2v) is 5.87. The topological polar surface area (TPSA) is 107 Å². The van der Waals surface area contributed by atoms with Gasteiger partial charge in [0.1, 0.15) is 18.1 Å². The van der Waals surface area contributed by atoms with Crippen LogP contribution in [0.5, 0.6) is 11.5 Å². The molecule has 1 unspecified atom stereocenters. The van der Waals surface area contributed by atoms with E-state index in [4.69, 9.17) is 9.84 Å². The van der Waals surface area contributed by atoms with E-state index < -0.39 is 18.7 Å². The molecule has 4 N–H and O–H groups in total. The lowest BCUT2D eigenvalue weighted by Gasteiger charge is -2.22. The second-order valence-electron chi connectivity index (χ2n) is 5.87. The van der Waals surface area contributed by atoms with Gasteiger partial charge in [-0.1, -0.05) is 12.1 Å². The molecule has 0 bridgehead atoms. The zero-order valence-corrected chi connectivity index (χ0v) is 13.3. The molecule has 1 atom stereocenters. The summed E-state index contributed by atoms with van der Waals surface area (Å²) in [5.74, 6) is -0.623. The lowest BCUT2D eigenvalue weighted by atomic mass is 9.90. The van der Waals surface area contributed by atoms with Crippen molar-refractivity contribution >= 4 is 12.0 Å². The van der Waals surface area contributed by atoms with Gasteiger partial charge in [0.25, 0.3) is 0 Å². The highest BCUT2D eigenvalue weighted by Gasteiger charge is 2.22. The Balaban J connectivity index is 1.75. The van der Waals surface area contributed by atoms with Gasteiger partial charge in [-0.05, 0) is 41.5 Å². The van der Waals surface area contributed by atoms with Gasteiger partial charge < -0.3 is 25.2 Å². The molecule has 25 heavy (non-hydrogen) atoms. The Kier molecular flexibility index (Phi) is 4.74.